The van der Waals surface area contributed by atoms with Gasteiger partial charge >= 0.3 is 11.9 Å². The Morgan fingerprint density at radius 2 is 1.45 bits per heavy atom. The Bertz CT molecular complexity index is 1500. The smallest absolute Gasteiger partial charge is 0.355 e. The molecule has 2 aliphatic rings. The summed E-state index contributed by atoms with van der Waals surface area (Å²) in [6.07, 6.45) is 2.58. The number of anilines is 1. The Morgan fingerprint density at radius 1 is 0.842 bits per heavy atom. The molecule has 5 rings (SSSR count). The van der Waals surface area contributed by atoms with Crippen molar-refractivity contribution in [2.75, 3.05) is 19.1 Å². The number of methoxy groups -OCH3 is 2. The van der Waals surface area contributed by atoms with Crippen molar-refractivity contribution in [3.8, 4) is 0 Å². The molecular weight excluding hydrogens is 529 g/mol. The highest BCUT2D eigenvalue weighted by molar-refractivity contribution is 6.31. The third-order valence-corrected chi connectivity index (χ3v) is 6.97. The first kappa shape index (κ1) is 25.7. The molecule has 38 heavy (non-hydrogen) atoms. The lowest BCUT2D eigenvalue weighted by molar-refractivity contribution is -0.145. The Morgan fingerprint density at radius 3 is 2.08 bits per heavy atom. The molecule has 9 heteroatoms. The summed E-state index contributed by atoms with van der Waals surface area (Å²) in [5, 5.41) is 0.826. The Balaban J connectivity index is 1.90. The quantitative estimate of drug-likeness (QED) is 0.304. The van der Waals surface area contributed by atoms with Crippen LogP contribution in [0.25, 0.3) is 6.08 Å². The molecule has 7 nitrogen and oxygen atoms in total. The van der Waals surface area contributed by atoms with Gasteiger partial charge in [0.15, 0.2) is 11.8 Å². The van der Waals surface area contributed by atoms with Gasteiger partial charge in [-0.15, -0.1) is 0 Å². The molecule has 0 amide bonds. The molecule has 0 bridgehead atoms. The number of Topliss-reactive ketones (excluding diaryl/α,β-unsaturated/α-hetero) is 1. The van der Waals surface area contributed by atoms with E-state index in [4.69, 9.17) is 37.4 Å². The minimum atomic E-state index is -2.10. The summed E-state index contributed by atoms with van der Waals surface area (Å²) >= 11 is 12.2. The minimum absolute atomic E-state index is 0.176. The summed E-state index contributed by atoms with van der Waals surface area (Å²) in [4.78, 5) is 43.1. The number of carbonyl (C=O) groups excluding carboxylic acids is 3. The molecule has 0 unspecified atom stereocenters. The van der Waals surface area contributed by atoms with Gasteiger partial charge < -0.3 is 19.1 Å². The zero-order valence-electron chi connectivity index (χ0n) is 20.3. The van der Waals surface area contributed by atoms with Crippen LogP contribution in [0.5, 0.6) is 0 Å². The van der Waals surface area contributed by atoms with Gasteiger partial charge in [-0.05, 0) is 59.7 Å². The number of hydrogen-bond donors (Lipinski definition) is 0. The number of benzene rings is 3. The number of halogens is 2. The van der Waals surface area contributed by atoms with Gasteiger partial charge in [-0.2, -0.15) is 0 Å². The summed E-state index contributed by atoms with van der Waals surface area (Å²) in [5.74, 6) is -2.38. The maximum Gasteiger partial charge on any atom is 0.355 e. The summed E-state index contributed by atoms with van der Waals surface area (Å²) in [7, 11) is 2.37. The van der Waals surface area contributed by atoms with Crippen molar-refractivity contribution in [1.82, 2.24) is 0 Å². The van der Waals surface area contributed by atoms with Crippen LogP contribution < -0.4 is 4.90 Å². The van der Waals surface area contributed by atoms with E-state index in [0.717, 1.165) is 5.56 Å². The average molecular weight is 550 g/mol. The van der Waals surface area contributed by atoms with Crippen molar-refractivity contribution in [2.45, 2.75) is 11.8 Å². The molecule has 0 N–H and O–H groups in total. The van der Waals surface area contributed by atoms with E-state index >= 15 is 0 Å². The van der Waals surface area contributed by atoms with Crippen molar-refractivity contribution in [1.29, 1.82) is 0 Å². The molecule has 0 saturated carbocycles. The third-order valence-electron chi connectivity index (χ3n) is 6.46. The van der Waals surface area contributed by atoms with E-state index in [1.807, 2.05) is 18.2 Å². The van der Waals surface area contributed by atoms with Gasteiger partial charge in [0.25, 0.3) is 0 Å². The number of hydrogen-bond acceptors (Lipinski definition) is 7. The van der Waals surface area contributed by atoms with Crippen LogP contribution in [0.1, 0.15) is 21.5 Å². The second kappa shape index (κ2) is 10.1. The van der Waals surface area contributed by atoms with Crippen molar-refractivity contribution < 1.29 is 28.6 Å². The molecule has 3 aromatic rings. The molecule has 2 heterocycles. The molecule has 192 valence electrons. The number of fused-ring (bicyclic) bond motifs is 3. The van der Waals surface area contributed by atoms with Crippen molar-refractivity contribution in [3.05, 3.63) is 117 Å². The molecule has 0 spiro atoms. The lowest BCUT2D eigenvalue weighted by Crippen LogP contribution is -2.57. The highest BCUT2D eigenvalue weighted by Gasteiger charge is 2.58. The standard InChI is InChI=1S/C29H21Cl2NO6/c1-36-27(34)24-25(28(35)37-2)32-22-6-4-3-5-17(22)9-16-23(32)38-29(24,19-10-14-21(31)15-11-19)26(33)18-7-12-20(30)13-8-18/h3-16,23H,1-2H3/t23-,29+/m0/s1. The van der Waals surface area contributed by atoms with Gasteiger partial charge in [-0.1, -0.05) is 59.6 Å². The normalized spacial score (nSPS) is 19.9. The van der Waals surface area contributed by atoms with Gasteiger partial charge in [-0.25, -0.2) is 9.59 Å². The van der Waals surface area contributed by atoms with Gasteiger partial charge in [0, 0.05) is 15.6 Å². The van der Waals surface area contributed by atoms with E-state index < -0.39 is 29.6 Å². The van der Waals surface area contributed by atoms with E-state index in [1.165, 1.54) is 31.3 Å². The van der Waals surface area contributed by atoms with Crippen LogP contribution >= 0.6 is 23.2 Å². The van der Waals surface area contributed by atoms with Crippen LogP contribution in [0.2, 0.25) is 10.0 Å². The monoisotopic (exact) mass is 549 g/mol. The molecule has 2 aliphatic heterocycles. The minimum Gasteiger partial charge on any atom is -0.465 e. The van der Waals surface area contributed by atoms with E-state index in [1.54, 1.807) is 54.6 Å². The third kappa shape index (κ3) is 4.09. The van der Waals surface area contributed by atoms with E-state index in [0.29, 0.717) is 15.7 Å². The van der Waals surface area contributed by atoms with Gasteiger partial charge in [0.1, 0.15) is 11.3 Å². The Hall–Kier alpha value is -3.91. The lowest BCUT2D eigenvalue weighted by Gasteiger charge is -2.48. The van der Waals surface area contributed by atoms with Crippen LogP contribution in [-0.4, -0.2) is 38.2 Å². The van der Waals surface area contributed by atoms with Gasteiger partial charge in [-0.3, -0.25) is 4.79 Å². The maximum atomic E-state index is 14.5. The van der Waals surface area contributed by atoms with Crippen LogP contribution in [0.3, 0.4) is 0 Å². The zero-order valence-corrected chi connectivity index (χ0v) is 21.8. The fraction of sp³-hybridized carbons (Fsp3) is 0.138. The summed E-state index contributed by atoms with van der Waals surface area (Å²) < 4.78 is 16.9. The fourth-order valence-corrected chi connectivity index (χ4v) is 5.02. The van der Waals surface area contributed by atoms with Crippen LogP contribution in [0.4, 0.5) is 5.69 Å². The SMILES string of the molecule is COC(=O)C1=C(C(=O)OC)[C@@](C(=O)c2ccc(Cl)cc2)(c2ccc(Cl)cc2)O[C@H]2C=Cc3ccccc3N12. The molecular formula is C29H21Cl2NO6. The first-order valence-corrected chi connectivity index (χ1v) is 12.3. The van der Waals surface area contributed by atoms with E-state index in [9.17, 15) is 14.4 Å². The van der Waals surface area contributed by atoms with Crippen LogP contribution in [0, 0.1) is 0 Å². The van der Waals surface area contributed by atoms with Crippen LogP contribution in [0.15, 0.2) is 90.1 Å². The first-order chi connectivity index (χ1) is 18.3. The molecule has 0 radical (unpaired) electrons. The van der Waals surface area contributed by atoms with Crippen molar-refractivity contribution >= 4 is 52.7 Å². The summed E-state index contributed by atoms with van der Waals surface area (Å²) in [5.41, 5.74) is -0.766. The number of rotatable bonds is 5. The van der Waals surface area contributed by atoms with Crippen molar-refractivity contribution in [2.24, 2.45) is 0 Å². The Labute approximate surface area is 228 Å². The average Bonchev–Trinajstić information content (AvgIpc) is 2.95. The van der Waals surface area contributed by atoms with Crippen molar-refractivity contribution in [3.63, 3.8) is 0 Å². The number of para-hydroxylation sites is 1. The van der Waals surface area contributed by atoms with E-state index in [-0.39, 0.29) is 22.4 Å². The number of esters is 2. The molecule has 0 aromatic heterocycles. The number of carbonyl (C=O) groups is 3. The second-order valence-electron chi connectivity index (χ2n) is 8.53. The first-order valence-electron chi connectivity index (χ1n) is 11.5. The second-order valence-corrected chi connectivity index (χ2v) is 9.40. The molecule has 3 aromatic carbocycles. The van der Waals surface area contributed by atoms with E-state index in [2.05, 4.69) is 0 Å². The predicted octanol–water partition coefficient (Wildman–Crippen LogP) is 5.56. The van der Waals surface area contributed by atoms with Gasteiger partial charge in [0.05, 0.1) is 19.9 Å². The summed E-state index contributed by atoms with van der Waals surface area (Å²) in [6, 6.07) is 19.7. The topological polar surface area (TPSA) is 82.1 Å². The number of nitrogens with zero attached hydrogens (tertiary/aromatic N) is 1. The lowest BCUT2D eigenvalue weighted by atomic mass is 9.76. The summed E-state index contributed by atoms with van der Waals surface area (Å²) in [6.45, 7) is 0. The molecule has 2 atom stereocenters. The molecule has 0 aliphatic carbocycles. The molecule has 0 fully saturated rings. The fourth-order valence-electron chi connectivity index (χ4n) is 4.76. The maximum absolute atomic E-state index is 14.5. The predicted molar refractivity (Wildman–Crippen MR) is 143 cm³/mol. The largest absolute Gasteiger partial charge is 0.465 e. The Kier molecular flexibility index (Phi) is 6.84. The highest BCUT2D eigenvalue weighted by Crippen LogP contribution is 2.49. The van der Waals surface area contributed by atoms with Gasteiger partial charge in [0.2, 0.25) is 5.78 Å². The van der Waals surface area contributed by atoms with Crippen LogP contribution in [-0.2, 0) is 29.4 Å². The zero-order chi connectivity index (χ0) is 27.0. The highest BCUT2D eigenvalue weighted by atomic mass is 35.5. The number of ketones is 1. The number of ether oxygens (including phenoxy) is 3. The molecule has 0 saturated heterocycles.